The first-order valence-corrected chi connectivity index (χ1v) is 20.6. The van der Waals surface area contributed by atoms with Gasteiger partial charge in [0.05, 0.1) is 48.9 Å². The van der Waals surface area contributed by atoms with Crippen molar-refractivity contribution in [3.8, 4) is 11.5 Å². The van der Waals surface area contributed by atoms with Gasteiger partial charge in [0.2, 0.25) is 11.8 Å². The number of amides is 3. The molecule has 52 heavy (non-hydrogen) atoms. The Balaban J connectivity index is 1.38. The van der Waals surface area contributed by atoms with Gasteiger partial charge in [-0.2, -0.15) is 4.90 Å². The Morgan fingerprint density at radius 3 is 2.21 bits per heavy atom. The number of halogens is 1. The van der Waals surface area contributed by atoms with Crippen LogP contribution in [0.15, 0.2) is 89.5 Å². The molecule has 0 bridgehead atoms. The summed E-state index contributed by atoms with van der Waals surface area (Å²) in [4.78, 5) is 40.8. The van der Waals surface area contributed by atoms with Crippen molar-refractivity contribution >= 4 is 65.3 Å². The summed E-state index contributed by atoms with van der Waals surface area (Å²) in [6.45, 7) is 9.28. The van der Waals surface area contributed by atoms with Gasteiger partial charge in [-0.05, 0) is 93.0 Å². The zero-order chi connectivity index (χ0) is 37.4. The topological polar surface area (TPSA) is 112 Å². The van der Waals surface area contributed by atoms with E-state index in [1.165, 1.54) is 14.2 Å². The molecule has 1 N–H and O–H groups in total. The fourth-order valence-electron chi connectivity index (χ4n) is 8.38. The van der Waals surface area contributed by atoms with Crippen molar-refractivity contribution in [2.75, 3.05) is 27.4 Å². The number of hydrogen-bond acceptors (Lipinski definition) is 8. The fraction of sp³-hybridized carbons (Fsp3) is 0.390. The molecule has 11 heteroatoms. The van der Waals surface area contributed by atoms with Gasteiger partial charge < -0.3 is 23.7 Å². The highest BCUT2D eigenvalue weighted by Gasteiger charge is 2.59. The van der Waals surface area contributed by atoms with Gasteiger partial charge in [-0.1, -0.05) is 93.1 Å². The van der Waals surface area contributed by atoms with Crippen LogP contribution in [0.4, 0.5) is 4.79 Å². The van der Waals surface area contributed by atoms with Gasteiger partial charge in [-0.3, -0.25) is 9.59 Å². The summed E-state index contributed by atoms with van der Waals surface area (Å²) in [5, 5.41) is 12.3. The summed E-state index contributed by atoms with van der Waals surface area (Å²) in [7, 11) is -0.236. The highest BCUT2D eigenvalue weighted by Crippen LogP contribution is 2.50. The number of nitrogens with zero attached hydrogens (tertiary/aromatic N) is 1. The number of allylic oxidation sites excluding steroid dienone is 1. The molecule has 3 aromatic carbocycles. The average molecular weight is 836 g/mol. The Morgan fingerprint density at radius 1 is 1.00 bits per heavy atom. The molecule has 0 spiro atoms. The molecule has 0 aromatic heterocycles. The van der Waals surface area contributed by atoms with Crippen LogP contribution in [0.3, 0.4) is 0 Å². The van der Waals surface area contributed by atoms with Gasteiger partial charge in [-0.15, -0.1) is 0 Å². The first kappa shape index (κ1) is 38.0. The van der Waals surface area contributed by atoms with Gasteiger partial charge >= 0.3 is 6.09 Å². The molecule has 9 nitrogen and oxygen atoms in total. The second-order valence-corrected chi connectivity index (χ2v) is 20.3. The number of hydrogen-bond donors (Lipinski definition) is 1. The minimum absolute atomic E-state index is 0.115. The molecule has 3 amide bonds. The van der Waals surface area contributed by atoms with E-state index < -0.39 is 38.1 Å². The standard InChI is InChI=1S/C41H46INO8Si/c1-25(19-26-20-32(42)37(44)34(21-26)48-5)17-18-33-35-27(22-30-36(31(35)24-50-33)39(46)43(38(30)45)40(47)49-6)23-51-52(41(2,3)4,28-13-9-7-10-14-28)29-15-11-8-12-16-29/h7-16,19-21,30-31,33,36,44H,17-18,22-24H2,1-6H3/b25-19+/t30-,31+,33-,36-/m1/s1. The van der Waals surface area contributed by atoms with E-state index >= 15 is 0 Å². The van der Waals surface area contributed by atoms with Crippen LogP contribution in [-0.2, 0) is 23.5 Å². The third-order valence-corrected chi connectivity index (χ3v) is 16.5. The molecule has 274 valence electrons. The lowest BCUT2D eigenvalue weighted by atomic mass is 9.69. The summed E-state index contributed by atoms with van der Waals surface area (Å²) >= 11 is 2.09. The quantitative estimate of drug-likeness (QED) is 0.102. The second-order valence-electron chi connectivity index (χ2n) is 14.8. The van der Waals surface area contributed by atoms with Crippen molar-refractivity contribution in [3.05, 3.63) is 98.6 Å². The predicted molar refractivity (Wildman–Crippen MR) is 210 cm³/mol. The molecule has 0 radical (unpaired) electrons. The van der Waals surface area contributed by atoms with Gasteiger partial charge in [-0.25, -0.2) is 4.79 Å². The molecular formula is C41H46INO8Si. The molecule has 2 fully saturated rings. The second kappa shape index (κ2) is 15.3. The Bertz CT molecular complexity index is 1870. The van der Waals surface area contributed by atoms with Crippen LogP contribution in [0.5, 0.6) is 11.5 Å². The number of carbonyl (C=O) groups is 3. The number of phenolic OH excluding ortho intramolecular Hbond substituents is 1. The average Bonchev–Trinajstić information content (AvgIpc) is 3.66. The van der Waals surface area contributed by atoms with Crippen LogP contribution < -0.4 is 15.1 Å². The molecule has 2 aliphatic heterocycles. The van der Waals surface area contributed by atoms with Gasteiger partial charge in [0.15, 0.2) is 11.5 Å². The van der Waals surface area contributed by atoms with Crippen LogP contribution in [0.1, 0.15) is 52.5 Å². The number of methoxy groups -OCH3 is 2. The van der Waals surface area contributed by atoms with E-state index in [0.29, 0.717) is 33.5 Å². The van der Waals surface area contributed by atoms with Gasteiger partial charge in [0.25, 0.3) is 8.32 Å². The van der Waals surface area contributed by atoms with E-state index in [0.717, 1.165) is 32.7 Å². The molecule has 2 heterocycles. The summed E-state index contributed by atoms with van der Waals surface area (Å²) < 4.78 is 24.8. The molecule has 1 aliphatic carbocycles. The largest absolute Gasteiger partial charge is 0.504 e. The van der Waals surface area contributed by atoms with Crippen LogP contribution >= 0.6 is 22.6 Å². The Hall–Kier alpha value is -3.78. The van der Waals surface area contributed by atoms with Crippen molar-refractivity contribution in [3.63, 3.8) is 0 Å². The van der Waals surface area contributed by atoms with E-state index in [1.807, 2.05) is 48.5 Å². The monoisotopic (exact) mass is 835 g/mol. The number of ether oxygens (including phenoxy) is 3. The smallest absolute Gasteiger partial charge is 0.423 e. The first-order valence-electron chi connectivity index (χ1n) is 17.6. The number of imide groups is 3. The molecule has 6 rings (SSSR count). The van der Waals surface area contributed by atoms with Gasteiger partial charge in [0, 0.05) is 5.92 Å². The van der Waals surface area contributed by atoms with Crippen LogP contribution in [0.2, 0.25) is 5.04 Å². The lowest BCUT2D eigenvalue weighted by Crippen LogP contribution is -2.66. The van der Waals surface area contributed by atoms with Crippen LogP contribution in [0, 0.1) is 21.3 Å². The SMILES string of the molecule is COC(=O)N1C(=O)[C@@H]2[C@@H](CC(CO[Si](c3ccccc3)(c3ccccc3)C(C)(C)C)=C3[C@@H](CC/C(C)=C/c4cc(I)c(O)c(OC)c4)OC[C@@H]32)C1=O. The molecule has 4 atom stereocenters. The predicted octanol–water partition coefficient (Wildman–Crippen LogP) is 6.85. The van der Waals surface area contributed by atoms with E-state index in [9.17, 15) is 19.5 Å². The number of benzene rings is 3. The maximum atomic E-state index is 13.8. The summed E-state index contributed by atoms with van der Waals surface area (Å²) in [6.07, 6.45) is 2.49. The molecular weight excluding hydrogens is 789 g/mol. The van der Waals surface area contributed by atoms with Crippen molar-refractivity contribution in [2.45, 2.75) is 58.1 Å². The fourth-order valence-corrected chi connectivity index (χ4v) is 13.6. The minimum atomic E-state index is -2.95. The number of fused-ring (bicyclic) bond motifs is 3. The first-order chi connectivity index (χ1) is 24.8. The van der Waals surface area contributed by atoms with E-state index in [2.05, 4.69) is 80.6 Å². The minimum Gasteiger partial charge on any atom is -0.504 e. The third kappa shape index (κ3) is 6.88. The maximum Gasteiger partial charge on any atom is 0.423 e. The highest BCUT2D eigenvalue weighted by atomic mass is 127. The molecule has 0 unspecified atom stereocenters. The zero-order valence-corrected chi connectivity index (χ0v) is 33.6. The van der Waals surface area contributed by atoms with Crippen molar-refractivity contribution < 1.29 is 38.1 Å². The normalized spacial score (nSPS) is 22.1. The van der Waals surface area contributed by atoms with Crippen LogP contribution in [0.25, 0.3) is 6.08 Å². The summed E-state index contributed by atoms with van der Waals surface area (Å²) in [6, 6.07) is 24.5. The number of aromatic hydroxyl groups is 1. The molecule has 3 aromatic rings. The summed E-state index contributed by atoms with van der Waals surface area (Å²) in [5.74, 6) is -2.28. The third-order valence-electron chi connectivity index (χ3n) is 10.7. The zero-order valence-electron chi connectivity index (χ0n) is 30.5. The Labute approximate surface area is 320 Å². The molecule has 0 saturated carbocycles. The Morgan fingerprint density at radius 2 is 1.63 bits per heavy atom. The van der Waals surface area contributed by atoms with Crippen LogP contribution in [-0.4, -0.2) is 69.8 Å². The van der Waals surface area contributed by atoms with E-state index in [1.54, 1.807) is 0 Å². The highest BCUT2D eigenvalue weighted by molar-refractivity contribution is 14.1. The van der Waals surface area contributed by atoms with E-state index in [-0.39, 0.29) is 36.0 Å². The maximum absolute atomic E-state index is 13.8. The van der Waals surface area contributed by atoms with E-state index in [4.69, 9.17) is 18.6 Å². The summed E-state index contributed by atoms with van der Waals surface area (Å²) in [5.41, 5.74) is 4.01. The number of carbonyl (C=O) groups excluding carboxylic acids is 3. The number of phenols is 1. The molecule has 2 saturated heterocycles. The number of likely N-dealkylation sites (tertiary alicyclic amines) is 1. The van der Waals surface area contributed by atoms with Crippen molar-refractivity contribution in [2.24, 2.45) is 17.8 Å². The van der Waals surface area contributed by atoms with Crippen molar-refractivity contribution in [1.29, 1.82) is 0 Å². The molecule has 3 aliphatic rings. The van der Waals surface area contributed by atoms with Crippen molar-refractivity contribution in [1.82, 2.24) is 4.90 Å². The Kier molecular flexibility index (Phi) is 11.2. The number of rotatable bonds is 10. The lowest BCUT2D eigenvalue weighted by molar-refractivity contribution is -0.137. The van der Waals surface area contributed by atoms with Gasteiger partial charge in [0.1, 0.15) is 0 Å². The lowest BCUT2D eigenvalue weighted by Gasteiger charge is -2.44.